The van der Waals surface area contributed by atoms with E-state index in [0.717, 1.165) is 64.2 Å². The molecule has 3 rings (SSSR count). The molecule has 3 heterocycles. The number of cyclic esters (lactones) is 1. The third-order valence-electron chi connectivity index (χ3n) is 9.10. The fraction of sp³-hybridized carbons (Fsp3) is 0.829. The predicted octanol–water partition coefficient (Wildman–Crippen LogP) is 7.97. The lowest BCUT2D eigenvalue weighted by atomic mass is 9.91. The SMILES string of the molecule is C=C1C[C@H](CCCC)OC1CC[C@@H](C)C[C@@H](C)C(=O)N(C)OC.C=C1C[C@H](CCCC)OC1CC[C@@H]1C[C@@H](C)C(=O)O1. The van der Waals surface area contributed by atoms with Crippen molar-refractivity contribution in [3.05, 3.63) is 24.3 Å². The quantitative estimate of drug-likeness (QED) is 0.103. The third kappa shape index (κ3) is 12.1. The van der Waals surface area contributed by atoms with E-state index in [1.807, 2.05) is 13.8 Å². The topological polar surface area (TPSA) is 74.3 Å². The first-order chi connectivity index (χ1) is 20.0. The van der Waals surface area contributed by atoms with Crippen LogP contribution in [-0.2, 0) is 28.6 Å². The highest BCUT2D eigenvalue weighted by molar-refractivity contribution is 5.77. The number of esters is 1. The van der Waals surface area contributed by atoms with Gasteiger partial charge in [-0.15, -0.1) is 0 Å². The smallest absolute Gasteiger partial charge is 0.309 e. The molecule has 0 bridgehead atoms. The van der Waals surface area contributed by atoms with Crippen molar-refractivity contribution in [2.24, 2.45) is 17.8 Å². The van der Waals surface area contributed by atoms with Crippen LogP contribution in [0.25, 0.3) is 0 Å². The first kappa shape index (κ1) is 36.5. The summed E-state index contributed by atoms with van der Waals surface area (Å²) < 4.78 is 17.5. The minimum Gasteiger partial charge on any atom is -0.462 e. The second-order valence-corrected chi connectivity index (χ2v) is 13.1. The second-order valence-electron chi connectivity index (χ2n) is 13.1. The molecule has 42 heavy (non-hydrogen) atoms. The van der Waals surface area contributed by atoms with Gasteiger partial charge in [-0.25, -0.2) is 5.06 Å². The van der Waals surface area contributed by atoms with Crippen LogP contribution < -0.4 is 0 Å². The summed E-state index contributed by atoms with van der Waals surface area (Å²) in [5.74, 6) is 0.540. The Hall–Kier alpha value is -1.70. The van der Waals surface area contributed by atoms with Crippen LogP contribution in [0.3, 0.4) is 0 Å². The molecule has 0 aromatic carbocycles. The number of unbranched alkanes of at least 4 members (excludes halogenated alkanes) is 2. The molecule has 0 aliphatic carbocycles. The molecule has 1 amide bonds. The third-order valence-corrected chi connectivity index (χ3v) is 9.10. The van der Waals surface area contributed by atoms with Crippen molar-refractivity contribution >= 4 is 11.9 Å². The molecule has 3 aliphatic heterocycles. The monoisotopic (exact) mass is 591 g/mol. The van der Waals surface area contributed by atoms with E-state index in [4.69, 9.17) is 19.0 Å². The Morgan fingerprint density at radius 3 is 1.95 bits per heavy atom. The summed E-state index contributed by atoms with van der Waals surface area (Å²) in [5.41, 5.74) is 2.47. The summed E-state index contributed by atoms with van der Waals surface area (Å²) >= 11 is 0. The minimum atomic E-state index is -0.0445. The van der Waals surface area contributed by atoms with Gasteiger partial charge in [0.2, 0.25) is 5.91 Å². The molecular formula is C35H61NO6. The Morgan fingerprint density at radius 1 is 0.929 bits per heavy atom. The van der Waals surface area contributed by atoms with Gasteiger partial charge in [0.05, 0.1) is 37.4 Å². The molecule has 0 saturated carbocycles. The summed E-state index contributed by atoms with van der Waals surface area (Å²) in [6.45, 7) is 18.9. The Balaban J connectivity index is 0.000000298. The van der Waals surface area contributed by atoms with Crippen molar-refractivity contribution in [1.82, 2.24) is 5.06 Å². The van der Waals surface area contributed by atoms with Crippen molar-refractivity contribution in [3.63, 3.8) is 0 Å². The fourth-order valence-corrected chi connectivity index (χ4v) is 6.34. The van der Waals surface area contributed by atoms with Gasteiger partial charge in [-0.3, -0.25) is 14.4 Å². The van der Waals surface area contributed by atoms with Crippen LogP contribution in [0.15, 0.2) is 24.3 Å². The number of rotatable bonds is 16. The molecule has 0 radical (unpaired) electrons. The van der Waals surface area contributed by atoms with Gasteiger partial charge >= 0.3 is 5.97 Å². The van der Waals surface area contributed by atoms with Gasteiger partial charge in [-0.1, -0.05) is 73.5 Å². The van der Waals surface area contributed by atoms with Crippen molar-refractivity contribution in [2.75, 3.05) is 14.2 Å². The van der Waals surface area contributed by atoms with Crippen LogP contribution in [0.1, 0.15) is 125 Å². The molecule has 242 valence electrons. The number of nitrogens with zero attached hydrogens (tertiary/aromatic N) is 1. The first-order valence-corrected chi connectivity index (χ1v) is 16.7. The predicted molar refractivity (Wildman–Crippen MR) is 169 cm³/mol. The maximum atomic E-state index is 12.0. The lowest BCUT2D eigenvalue weighted by Gasteiger charge is -2.22. The summed E-state index contributed by atoms with van der Waals surface area (Å²) in [4.78, 5) is 28.3. The zero-order chi connectivity index (χ0) is 31.2. The van der Waals surface area contributed by atoms with Crippen LogP contribution in [-0.4, -0.2) is 61.6 Å². The van der Waals surface area contributed by atoms with Gasteiger partial charge in [0.25, 0.3) is 0 Å². The maximum Gasteiger partial charge on any atom is 0.309 e. The molecule has 0 aromatic rings. The number of hydroxylamine groups is 2. The van der Waals surface area contributed by atoms with E-state index in [-0.39, 0.29) is 42.0 Å². The van der Waals surface area contributed by atoms with Gasteiger partial charge in [-0.05, 0) is 81.3 Å². The van der Waals surface area contributed by atoms with E-state index in [9.17, 15) is 9.59 Å². The van der Waals surface area contributed by atoms with Gasteiger partial charge in [0.15, 0.2) is 0 Å². The van der Waals surface area contributed by atoms with E-state index in [0.29, 0.717) is 18.1 Å². The van der Waals surface area contributed by atoms with E-state index >= 15 is 0 Å². The molecule has 3 aliphatic rings. The molecule has 3 fully saturated rings. The highest BCUT2D eigenvalue weighted by Gasteiger charge is 2.34. The summed E-state index contributed by atoms with van der Waals surface area (Å²) in [6, 6.07) is 0. The Morgan fingerprint density at radius 2 is 1.48 bits per heavy atom. The molecule has 0 N–H and O–H groups in total. The van der Waals surface area contributed by atoms with Gasteiger partial charge < -0.3 is 14.2 Å². The highest BCUT2D eigenvalue weighted by atomic mass is 16.7. The van der Waals surface area contributed by atoms with E-state index in [1.54, 1.807) is 7.05 Å². The largest absolute Gasteiger partial charge is 0.462 e. The first-order valence-electron chi connectivity index (χ1n) is 16.7. The van der Waals surface area contributed by atoms with Crippen molar-refractivity contribution in [1.29, 1.82) is 0 Å². The van der Waals surface area contributed by atoms with Crippen LogP contribution in [0.2, 0.25) is 0 Å². The lowest BCUT2D eigenvalue weighted by Crippen LogP contribution is -2.31. The van der Waals surface area contributed by atoms with E-state index < -0.39 is 0 Å². The Labute approximate surface area is 256 Å². The van der Waals surface area contributed by atoms with Crippen LogP contribution in [0, 0.1) is 17.8 Å². The van der Waals surface area contributed by atoms with Crippen molar-refractivity contribution in [2.45, 2.75) is 155 Å². The Kier molecular flexibility index (Phi) is 16.4. The second kappa shape index (κ2) is 18.9. The summed E-state index contributed by atoms with van der Waals surface area (Å²) in [5, 5.41) is 1.32. The lowest BCUT2D eigenvalue weighted by molar-refractivity contribution is -0.173. The fourth-order valence-electron chi connectivity index (χ4n) is 6.34. The van der Waals surface area contributed by atoms with Gasteiger partial charge in [-0.2, -0.15) is 0 Å². The zero-order valence-corrected chi connectivity index (χ0v) is 27.8. The zero-order valence-electron chi connectivity index (χ0n) is 27.8. The molecule has 0 aromatic heterocycles. The maximum absolute atomic E-state index is 12.0. The number of amides is 1. The number of carbonyl (C=O) groups is 2. The van der Waals surface area contributed by atoms with Gasteiger partial charge in [0.1, 0.15) is 6.10 Å². The molecule has 8 atom stereocenters. The molecular weight excluding hydrogens is 530 g/mol. The van der Waals surface area contributed by atoms with Crippen molar-refractivity contribution in [3.8, 4) is 0 Å². The Bertz CT molecular complexity index is 858. The highest BCUT2D eigenvalue weighted by Crippen LogP contribution is 2.33. The average Bonchev–Trinajstić information content (AvgIpc) is 3.62. The summed E-state index contributed by atoms with van der Waals surface area (Å²) in [7, 11) is 3.18. The molecule has 0 spiro atoms. The molecule has 3 saturated heterocycles. The van der Waals surface area contributed by atoms with E-state index in [1.165, 1.54) is 49.0 Å². The number of ether oxygens (including phenoxy) is 3. The van der Waals surface area contributed by atoms with Crippen LogP contribution in [0.5, 0.6) is 0 Å². The molecule has 2 unspecified atom stereocenters. The van der Waals surface area contributed by atoms with Crippen LogP contribution >= 0.6 is 0 Å². The van der Waals surface area contributed by atoms with Gasteiger partial charge in [0, 0.05) is 13.0 Å². The normalized spacial score (nSPS) is 28.8. The van der Waals surface area contributed by atoms with Crippen LogP contribution in [0.4, 0.5) is 0 Å². The summed E-state index contributed by atoms with van der Waals surface area (Å²) in [6.07, 6.45) is 16.1. The molecule has 7 nitrogen and oxygen atoms in total. The number of hydrogen-bond acceptors (Lipinski definition) is 6. The minimum absolute atomic E-state index is 0.0139. The standard InChI is InChI=1S/C19H35NO3.C16H26O3/c1-7-8-9-17-13-15(3)18(23-17)11-10-14(2)12-16(4)19(21)20(5)22-6;1-4-5-6-13-9-11(2)15(18-13)8-7-14-10-12(3)16(17)19-14/h14,16-18H,3,7-13H2,1-2,4-6H3;12-15H,2,4-10H2,1,3H3/t14-,16-,17+,18?;12-,13+,14-,15?/m11/s1. The molecule has 7 heteroatoms. The average molecular weight is 592 g/mol. The number of carbonyl (C=O) groups excluding carboxylic acids is 2. The van der Waals surface area contributed by atoms with Crippen molar-refractivity contribution < 1.29 is 28.6 Å². The number of hydrogen-bond donors (Lipinski definition) is 0. The van der Waals surface area contributed by atoms with E-state index in [2.05, 4.69) is 33.9 Å².